The van der Waals surface area contributed by atoms with Crippen LogP contribution in [0.5, 0.6) is 0 Å². The number of rotatable bonds is 9. The maximum Gasteiger partial charge on any atom is 0.0619 e. The summed E-state index contributed by atoms with van der Waals surface area (Å²) in [7, 11) is 1.84. The summed E-state index contributed by atoms with van der Waals surface area (Å²) >= 11 is 0. The van der Waals surface area contributed by atoms with Crippen LogP contribution < -0.4 is 0 Å². The Hall–Kier alpha value is -0.0400. The molecule has 98 valence electrons. The molecule has 1 atom stereocenters. The molecule has 0 radical (unpaired) electrons. The van der Waals surface area contributed by atoms with Gasteiger partial charge >= 0.3 is 0 Å². The second-order valence-corrected chi connectivity index (χ2v) is 6.00. The van der Waals surface area contributed by atoms with E-state index in [1.807, 2.05) is 7.11 Å². The third-order valence-corrected chi connectivity index (χ3v) is 3.32. The van der Waals surface area contributed by atoms with E-state index in [2.05, 4.69) is 27.7 Å². The molecule has 1 nitrogen and oxygen atoms in total. The van der Waals surface area contributed by atoms with Crippen LogP contribution in [0.1, 0.15) is 79.1 Å². The molecular weight excluding hydrogens is 196 g/mol. The first-order valence-corrected chi connectivity index (χ1v) is 7.05. The lowest BCUT2D eigenvalue weighted by Gasteiger charge is -2.29. The number of unbranched alkanes of at least 4 members (excludes halogenated alkanes) is 6. The molecule has 1 heteroatoms. The van der Waals surface area contributed by atoms with Gasteiger partial charge in [-0.15, -0.1) is 0 Å². The first-order valence-electron chi connectivity index (χ1n) is 7.05. The lowest BCUT2D eigenvalue weighted by molar-refractivity contribution is 0.00900. The van der Waals surface area contributed by atoms with Gasteiger partial charge in [-0.05, 0) is 11.8 Å². The molecule has 0 saturated heterocycles. The summed E-state index contributed by atoms with van der Waals surface area (Å²) in [5, 5.41) is 0. The molecule has 0 aromatic carbocycles. The van der Waals surface area contributed by atoms with Crippen LogP contribution in [0.2, 0.25) is 0 Å². The van der Waals surface area contributed by atoms with Crippen LogP contribution in [0.15, 0.2) is 0 Å². The fourth-order valence-electron chi connectivity index (χ4n) is 2.19. The van der Waals surface area contributed by atoms with Crippen molar-refractivity contribution >= 4 is 0 Å². The van der Waals surface area contributed by atoms with Crippen molar-refractivity contribution in [1.82, 2.24) is 0 Å². The van der Waals surface area contributed by atoms with E-state index in [-0.39, 0.29) is 5.41 Å². The highest BCUT2D eigenvalue weighted by Gasteiger charge is 2.23. The van der Waals surface area contributed by atoms with E-state index < -0.39 is 0 Å². The lowest BCUT2D eigenvalue weighted by Crippen LogP contribution is -2.28. The summed E-state index contributed by atoms with van der Waals surface area (Å²) in [6.45, 7) is 9.07. The molecule has 0 amide bonds. The van der Waals surface area contributed by atoms with E-state index in [0.717, 1.165) is 0 Å². The van der Waals surface area contributed by atoms with E-state index in [4.69, 9.17) is 4.74 Å². The first kappa shape index (κ1) is 16.0. The minimum atomic E-state index is 0.289. The van der Waals surface area contributed by atoms with Crippen molar-refractivity contribution in [1.29, 1.82) is 0 Å². The van der Waals surface area contributed by atoms with Gasteiger partial charge in [-0.3, -0.25) is 0 Å². The minimum Gasteiger partial charge on any atom is -0.381 e. The molecule has 0 aliphatic rings. The van der Waals surface area contributed by atoms with E-state index in [9.17, 15) is 0 Å². The van der Waals surface area contributed by atoms with Gasteiger partial charge in [0.15, 0.2) is 0 Å². The Labute approximate surface area is 103 Å². The second-order valence-electron chi connectivity index (χ2n) is 6.00. The Balaban J connectivity index is 3.42. The Morgan fingerprint density at radius 3 is 1.81 bits per heavy atom. The van der Waals surface area contributed by atoms with Gasteiger partial charge in [-0.25, -0.2) is 0 Å². The van der Waals surface area contributed by atoms with Crippen molar-refractivity contribution in [3.63, 3.8) is 0 Å². The minimum absolute atomic E-state index is 0.289. The van der Waals surface area contributed by atoms with E-state index in [0.29, 0.717) is 6.10 Å². The average Bonchev–Trinajstić information content (AvgIpc) is 2.20. The summed E-state index contributed by atoms with van der Waals surface area (Å²) in [5.74, 6) is 0. The average molecular weight is 228 g/mol. The maximum absolute atomic E-state index is 5.56. The number of hydrogen-bond acceptors (Lipinski definition) is 1. The predicted molar refractivity (Wildman–Crippen MR) is 72.9 cm³/mol. The zero-order chi connectivity index (χ0) is 12.4. The fourth-order valence-corrected chi connectivity index (χ4v) is 2.19. The lowest BCUT2D eigenvalue weighted by atomic mass is 9.86. The Kier molecular flexibility index (Phi) is 9.02. The van der Waals surface area contributed by atoms with Crippen molar-refractivity contribution < 1.29 is 4.74 Å². The molecule has 0 fully saturated rings. The monoisotopic (exact) mass is 228 g/mol. The van der Waals surface area contributed by atoms with Crippen LogP contribution >= 0.6 is 0 Å². The maximum atomic E-state index is 5.56. The molecule has 0 bridgehead atoms. The van der Waals surface area contributed by atoms with Gasteiger partial charge in [0.2, 0.25) is 0 Å². The van der Waals surface area contributed by atoms with Crippen molar-refractivity contribution in [3.05, 3.63) is 0 Å². The number of ether oxygens (including phenoxy) is 1. The molecule has 16 heavy (non-hydrogen) atoms. The Bertz CT molecular complexity index is 146. The topological polar surface area (TPSA) is 9.23 Å². The van der Waals surface area contributed by atoms with Gasteiger partial charge in [-0.2, -0.15) is 0 Å². The van der Waals surface area contributed by atoms with Crippen LogP contribution in [-0.2, 0) is 4.74 Å². The summed E-state index contributed by atoms with van der Waals surface area (Å²) < 4.78 is 5.56. The molecule has 0 rings (SSSR count). The molecular formula is C15H32O. The third-order valence-electron chi connectivity index (χ3n) is 3.32. The molecule has 0 aromatic rings. The van der Waals surface area contributed by atoms with Gasteiger partial charge in [0, 0.05) is 7.11 Å². The standard InChI is InChI=1S/C15H32O/c1-6-7-8-9-10-11-12-13-14(16-5)15(2,3)4/h14H,6-13H2,1-5H3. The van der Waals surface area contributed by atoms with Crippen molar-refractivity contribution in [2.24, 2.45) is 5.41 Å². The molecule has 0 aliphatic heterocycles. The van der Waals surface area contributed by atoms with Gasteiger partial charge in [0.1, 0.15) is 0 Å². The molecule has 0 heterocycles. The molecule has 0 spiro atoms. The fraction of sp³-hybridized carbons (Fsp3) is 1.00. The van der Waals surface area contributed by atoms with Crippen molar-refractivity contribution in [2.45, 2.75) is 85.2 Å². The zero-order valence-electron chi connectivity index (χ0n) is 12.1. The quantitative estimate of drug-likeness (QED) is 0.494. The molecule has 1 unspecified atom stereocenters. The SMILES string of the molecule is CCCCCCCCCC(OC)C(C)(C)C. The highest BCUT2D eigenvalue weighted by molar-refractivity contribution is 4.73. The summed E-state index contributed by atoms with van der Waals surface area (Å²) in [6, 6.07) is 0. The van der Waals surface area contributed by atoms with Crippen LogP contribution in [0.25, 0.3) is 0 Å². The van der Waals surface area contributed by atoms with E-state index >= 15 is 0 Å². The summed E-state index contributed by atoms with van der Waals surface area (Å²) in [6.07, 6.45) is 11.3. The van der Waals surface area contributed by atoms with Gasteiger partial charge in [0.25, 0.3) is 0 Å². The molecule has 0 N–H and O–H groups in total. The number of hydrogen-bond donors (Lipinski definition) is 0. The third kappa shape index (κ3) is 8.15. The van der Waals surface area contributed by atoms with Crippen LogP contribution in [0.3, 0.4) is 0 Å². The van der Waals surface area contributed by atoms with Crippen molar-refractivity contribution in [3.8, 4) is 0 Å². The smallest absolute Gasteiger partial charge is 0.0619 e. The molecule has 0 aliphatic carbocycles. The largest absolute Gasteiger partial charge is 0.381 e. The highest BCUT2D eigenvalue weighted by atomic mass is 16.5. The van der Waals surface area contributed by atoms with E-state index in [1.54, 1.807) is 0 Å². The summed E-state index contributed by atoms with van der Waals surface area (Å²) in [5.41, 5.74) is 0.289. The summed E-state index contributed by atoms with van der Waals surface area (Å²) in [4.78, 5) is 0. The van der Waals surface area contributed by atoms with Gasteiger partial charge in [0.05, 0.1) is 6.10 Å². The molecule has 0 saturated carbocycles. The zero-order valence-corrected chi connectivity index (χ0v) is 12.1. The Morgan fingerprint density at radius 2 is 1.38 bits per heavy atom. The first-order chi connectivity index (χ1) is 7.52. The normalized spacial score (nSPS) is 14.1. The second kappa shape index (κ2) is 9.04. The highest BCUT2D eigenvalue weighted by Crippen LogP contribution is 2.26. The van der Waals surface area contributed by atoms with Gasteiger partial charge < -0.3 is 4.74 Å². The van der Waals surface area contributed by atoms with Crippen molar-refractivity contribution in [2.75, 3.05) is 7.11 Å². The molecule has 0 aromatic heterocycles. The van der Waals surface area contributed by atoms with Crippen LogP contribution in [-0.4, -0.2) is 13.2 Å². The number of methoxy groups -OCH3 is 1. The Morgan fingerprint density at radius 1 is 0.875 bits per heavy atom. The predicted octanol–water partition coefficient (Wildman–Crippen LogP) is 5.19. The van der Waals surface area contributed by atoms with Gasteiger partial charge in [-0.1, -0.05) is 72.6 Å². The van der Waals surface area contributed by atoms with Crippen LogP contribution in [0, 0.1) is 5.41 Å². The van der Waals surface area contributed by atoms with E-state index in [1.165, 1.54) is 51.4 Å². The van der Waals surface area contributed by atoms with Crippen LogP contribution in [0.4, 0.5) is 0 Å².